The fourth-order valence-corrected chi connectivity index (χ4v) is 2.29. The number of rotatable bonds is 4. The highest BCUT2D eigenvalue weighted by Gasteiger charge is 2.40. The molecule has 0 fully saturated rings. The van der Waals surface area contributed by atoms with Gasteiger partial charge in [-0.05, 0) is 12.8 Å². The Balaban J connectivity index is 4.57. The highest BCUT2D eigenvalue weighted by molar-refractivity contribution is 7.52. The van der Waals surface area contributed by atoms with Crippen molar-refractivity contribution in [3.05, 3.63) is 11.4 Å². The summed E-state index contributed by atoms with van der Waals surface area (Å²) in [6, 6.07) is 0. The molecule has 0 saturated carbocycles. The third kappa shape index (κ3) is 2.94. The van der Waals surface area contributed by atoms with Gasteiger partial charge in [0.2, 0.25) is 0 Å². The summed E-state index contributed by atoms with van der Waals surface area (Å²) in [6.45, 7) is 10.4. The second-order valence-electron chi connectivity index (χ2n) is 2.71. The molecule has 0 aliphatic rings. The summed E-state index contributed by atoms with van der Waals surface area (Å²) in [4.78, 5) is 20.6. The third-order valence-corrected chi connectivity index (χ3v) is 3.17. The van der Waals surface area contributed by atoms with Gasteiger partial charge in [0, 0.05) is 5.92 Å². The van der Waals surface area contributed by atoms with Crippen LogP contribution in [0.3, 0.4) is 0 Å². The van der Waals surface area contributed by atoms with Gasteiger partial charge >= 0.3 is 13.4 Å². The fraction of sp³-hybridized carbons (Fsp3) is 0.857. The minimum atomic E-state index is -4.22. The van der Waals surface area contributed by atoms with Gasteiger partial charge in [-0.2, -0.15) is 0 Å². The van der Waals surface area contributed by atoms with Gasteiger partial charge in [-0.25, -0.2) is 6.57 Å². The second-order valence-corrected chi connectivity index (χ2v) is 4.42. The predicted molar refractivity (Wildman–Crippen MR) is 46.5 cm³/mol. The van der Waals surface area contributed by atoms with E-state index in [1.54, 1.807) is 0 Å². The average molecular weight is 191 g/mol. The first-order chi connectivity index (χ1) is 5.47. The molecule has 5 heteroatoms. The lowest BCUT2D eigenvalue weighted by Crippen LogP contribution is -2.15. The molecule has 0 aromatic carbocycles. The van der Waals surface area contributed by atoms with Crippen LogP contribution in [-0.2, 0) is 4.57 Å². The van der Waals surface area contributed by atoms with Gasteiger partial charge in [0.25, 0.3) is 0 Å². The van der Waals surface area contributed by atoms with E-state index in [1.807, 2.05) is 13.8 Å². The molecule has 70 valence electrons. The Morgan fingerprint density at radius 2 is 1.83 bits per heavy atom. The van der Waals surface area contributed by atoms with E-state index in [-0.39, 0.29) is 5.92 Å². The molecule has 0 aliphatic carbocycles. The first-order valence-electron chi connectivity index (χ1n) is 3.89. The molecular formula is C7H14NO3P. The van der Waals surface area contributed by atoms with Gasteiger partial charge < -0.3 is 9.79 Å². The average Bonchev–Trinajstić information content (AvgIpc) is 1.97. The van der Waals surface area contributed by atoms with Crippen molar-refractivity contribution in [3.8, 4) is 0 Å². The molecule has 1 atom stereocenters. The topological polar surface area (TPSA) is 61.9 Å². The minimum absolute atomic E-state index is 0.191. The van der Waals surface area contributed by atoms with Crippen LogP contribution in [0.2, 0.25) is 0 Å². The molecule has 0 saturated heterocycles. The predicted octanol–water partition coefficient (Wildman–Crippen LogP) is 1.85. The Hall–Kier alpha value is -0.360. The molecule has 1 unspecified atom stereocenters. The molecule has 12 heavy (non-hydrogen) atoms. The maximum Gasteiger partial charge on any atom is 0.407 e. The van der Waals surface area contributed by atoms with Gasteiger partial charge in [-0.3, -0.25) is 9.41 Å². The van der Waals surface area contributed by atoms with Gasteiger partial charge in [-0.15, -0.1) is 0 Å². The molecule has 0 aromatic heterocycles. The van der Waals surface area contributed by atoms with Crippen molar-refractivity contribution in [2.45, 2.75) is 32.5 Å². The Morgan fingerprint density at radius 1 is 1.42 bits per heavy atom. The van der Waals surface area contributed by atoms with E-state index in [2.05, 4.69) is 4.85 Å². The van der Waals surface area contributed by atoms with E-state index >= 15 is 0 Å². The van der Waals surface area contributed by atoms with E-state index in [9.17, 15) is 4.57 Å². The molecule has 0 radical (unpaired) electrons. The molecule has 0 bridgehead atoms. The maximum atomic E-state index is 10.8. The number of hydrogen-bond donors (Lipinski definition) is 2. The van der Waals surface area contributed by atoms with Gasteiger partial charge in [0.1, 0.15) is 0 Å². The quantitative estimate of drug-likeness (QED) is 0.526. The second kappa shape index (κ2) is 4.61. The summed E-state index contributed by atoms with van der Waals surface area (Å²) < 4.78 is 10.8. The lowest BCUT2D eigenvalue weighted by atomic mass is 10.0. The smallest absolute Gasteiger partial charge is 0.319 e. The summed E-state index contributed by atoms with van der Waals surface area (Å²) in [5.41, 5.74) is 0. The maximum absolute atomic E-state index is 10.8. The Morgan fingerprint density at radius 3 is 1.92 bits per heavy atom. The number of hydrogen-bond acceptors (Lipinski definition) is 1. The van der Waals surface area contributed by atoms with E-state index in [0.717, 1.165) is 0 Å². The van der Waals surface area contributed by atoms with Crippen LogP contribution in [0.25, 0.3) is 4.85 Å². The summed E-state index contributed by atoms with van der Waals surface area (Å²) in [6.07, 6.45) is 1.27. The number of nitrogens with zero attached hydrogens (tertiary/aromatic N) is 1. The van der Waals surface area contributed by atoms with Gasteiger partial charge in [-0.1, -0.05) is 13.8 Å². The Labute approximate surface area is 72.6 Å². The summed E-state index contributed by atoms with van der Waals surface area (Å²) in [7, 11) is -4.22. The zero-order valence-corrected chi connectivity index (χ0v) is 8.16. The third-order valence-electron chi connectivity index (χ3n) is 1.95. The van der Waals surface area contributed by atoms with Crippen LogP contribution in [0.4, 0.5) is 0 Å². The van der Waals surface area contributed by atoms with Gasteiger partial charge in [0.15, 0.2) is 0 Å². The zero-order valence-electron chi connectivity index (χ0n) is 7.27. The molecule has 0 spiro atoms. The zero-order chi connectivity index (χ0) is 9.78. The first kappa shape index (κ1) is 11.6. The van der Waals surface area contributed by atoms with Crippen LogP contribution >= 0.6 is 7.60 Å². The summed E-state index contributed by atoms with van der Waals surface area (Å²) >= 11 is 0. The van der Waals surface area contributed by atoms with Crippen molar-refractivity contribution in [2.75, 3.05) is 0 Å². The largest absolute Gasteiger partial charge is 0.407 e. The van der Waals surface area contributed by atoms with Crippen molar-refractivity contribution in [1.82, 2.24) is 0 Å². The van der Waals surface area contributed by atoms with Crippen LogP contribution in [0, 0.1) is 12.5 Å². The van der Waals surface area contributed by atoms with Crippen molar-refractivity contribution in [1.29, 1.82) is 0 Å². The van der Waals surface area contributed by atoms with E-state index in [0.29, 0.717) is 12.8 Å². The molecule has 0 amide bonds. The normalized spacial score (nSPS) is 14.3. The standard InChI is InChI=1S/C7H14NO3P/c1-4-6(5-2)7(8-3)12(9,10)11/h6-7H,4-5H2,1-2H3,(H2,9,10,11). The van der Waals surface area contributed by atoms with Crippen molar-refractivity contribution >= 4 is 7.60 Å². The molecule has 0 aromatic rings. The van der Waals surface area contributed by atoms with E-state index in [4.69, 9.17) is 16.4 Å². The summed E-state index contributed by atoms with van der Waals surface area (Å²) in [5, 5.41) is 0. The Bertz CT molecular complexity index is 213. The van der Waals surface area contributed by atoms with Crippen LogP contribution in [-0.4, -0.2) is 15.6 Å². The Kier molecular flexibility index (Phi) is 4.47. The van der Waals surface area contributed by atoms with E-state index < -0.39 is 13.4 Å². The van der Waals surface area contributed by atoms with Crippen LogP contribution < -0.4 is 0 Å². The van der Waals surface area contributed by atoms with Crippen LogP contribution in [0.5, 0.6) is 0 Å². The van der Waals surface area contributed by atoms with Crippen molar-refractivity contribution in [2.24, 2.45) is 5.92 Å². The molecular weight excluding hydrogens is 177 g/mol. The lowest BCUT2D eigenvalue weighted by molar-refractivity contribution is 0.340. The fourth-order valence-electron chi connectivity index (χ4n) is 1.17. The molecule has 0 heterocycles. The minimum Gasteiger partial charge on any atom is -0.319 e. The molecule has 0 aliphatic heterocycles. The molecule has 2 N–H and O–H groups in total. The first-order valence-corrected chi connectivity index (χ1v) is 5.57. The highest BCUT2D eigenvalue weighted by Crippen LogP contribution is 2.47. The van der Waals surface area contributed by atoms with Crippen molar-refractivity contribution in [3.63, 3.8) is 0 Å². The van der Waals surface area contributed by atoms with Gasteiger partial charge in [0.05, 0.1) is 0 Å². The molecule has 4 nitrogen and oxygen atoms in total. The monoisotopic (exact) mass is 191 g/mol. The van der Waals surface area contributed by atoms with Crippen LogP contribution in [0.1, 0.15) is 26.7 Å². The molecule has 0 rings (SSSR count). The SMILES string of the molecule is [C-]#[N+]C(C(CC)CC)P(=O)(O)O. The van der Waals surface area contributed by atoms with E-state index in [1.165, 1.54) is 0 Å². The van der Waals surface area contributed by atoms with Crippen LogP contribution in [0.15, 0.2) is 0 Å². The lowest BCUT2D eigenvalue weighted by Gasteiger charge is -2.15. The van der Waals surface area contributed by atoms with Crippen molar-refractivity contribution < 1.29 is 14.4 Å². The summed E-state index contributed by atoms with van der Waals surface area (Å²) in [5.74, 6) is -1.34. The highest BCUT2D eigenvalue weighted by atomic mass is 31.2.